The first kappa shape index (κ1) is 38.1. The lowest BCUT2D eigenvalue weighted by atomic mass is 9.95. The van der Waals surface area contributed by atoms with Crippen molar-refractivity contribution in [2.24, 2.45) is 0 Å². The number of carbonyl (C=O) groups is 5. The van der Waals surface area contributed by atoms with Gasteiger partial charge in [-0.1, -0.05) is 85.6 Å². The molecular formula is C41H51N5O6. The molecule has 0 bridgehead atoms. The lowest BCUT2D eigenvalue weighted by Gasteiger charge is -2.34. The predicted octanol–water partition coefficient (Wildman–Crippen LogP) is 4.05. The molecule has 0 unspecified atom stereocenters. The van der Waals surface area contributed by atoms with Crippen LogP contribution in [0, 0.1) is 0 Å². The summed E-state index contributed by atoms with van der Waals surface area (Å²) in [6.45, 7) is 2.17. The van der Waals surface area contributed by atoms with Crippen molar-refractivity contribution in [1.29, 1.82) is 0 Å². The summed E-state index contributed by atoms with van der Waals surface area (Å²) < 4.78 is 6.29. The molecule has 1 aliphatic carbocycles. The summed E-state index contributed by atoms with van der Waals surface area (Å²) >= 11 is 0. The summed E-state index contributed by atoms with van der Waals surface area (Å²) in [6.07, 6.45) is 4.27. The minimum absolute atomic E-state index is 0.0268. The van der Waals surface area contributed by atoms with Crippen LogP contribution in [0.3, 0.4) is 0 Å². The van der Waals surface area contributed by atoms with E-state index in [1.54, 1.807) is 55.1 Å². The van der Waals surface area contributed by atoms with Gasteiger partial charge in [-0.05, 0) is 68.7 Å². The molecule has 5 amide bonds. The van der Waals surface area contributed by atoms with E-state index in [0.29, 0.717) is 31.6 Å². The van der Waals surface area contributed by atoms with Crippen LogP contribution in [0.15, 0.2) is 84.9 Å². The van der Waals surface area contributed by atoms with E-state index < -0.39 is 41.4 Å². The van der Waals surface area contributed by atoms with Gasteiger partial charge in [0.1, 0.15) is 30.0 Å². The van der Waals surface area contributed by atoms with E-state index in [1.165, 1.54) is 5.56 Å². The van der Waals surface area contributed by atoms with Crippen LogP contribution >= 0.6 is 0 Å². The minimum atomic E-state index is -1.17. The maximum atomic E-state index is 13.9. The highest BCUT2D eigenvalue weighted by Gasteiger charge is 2.44. The Morgan fingerprint density at radius 2 is 1.52 bits per heavy atom. The van der Waals surface area contributed by atoms with Gasteiger partial charge in [0, 0.05) is 27.1 Å². The van der Waals surface area contributed by atoms with Crippen molar-refractivity contribution in [3.05, 3.63) is 102 Å². The van der Waals surface area contributed by atoms with Crippen LogP contribution in [0.1, 0.15) is 73.4 Å². The lowest BCUT2D eigenvalue weighted by molar-refractivity contribution is -0.139. The Hall–Kier alpha value is -5.19. The molecule has 11 nitrogen and oxygen atoms in total. The van der Waals surface area contributed by atoms with Crippen LogP contribution in [0.2, 0.25) is 0 Å². The smallest absolute Gasteiger partial charge is 0.255 e. The third-order valence-electron chi connectivity index (χ3n) is 10.2. The quantitative estimate of drug-likeness (QED) is 0.339. The zero-order valence-electron chi connectivity index (χ0n) is 30.4. The number of fused-ring (bicyclic) bond motifs is 1. The second-order valence-corrected chi connectivity index (χ2v) is 14.0. The maximum absolute atomic E-state index is 13.9. The molecule has 0 aromatic heterocycles. The zero-order valence-corrected chi connectivity index (χ0v) is 30.4. The fourth-order valence-electron chi connectivity index (χ4n) is 7.07. The number of ether oxygens (including phenoxy) is 1. The number of hydrogen-bond donors (Lipinski definition) is 3. The molecule has 11 heteroatoms. The molecule has 3 aromatic rings. The summed E-state index contributed by atoms with van der Waals surface area (Å²) in [5.74, 6) is -1.65. The van der Waals surface area contributed by atoms with Gasteiger partial charge in [0.25, 0.3) is 5.91 Å². The largest absolute Gasteiger partial charge is 0.491 e. The molecule has 1 heterocycles. The SMILES string of the molecule is C[C@@H]1NC(=O)C2(CCCC2)NC(=O)CC[C@@H](C(=O)N(C)CCCc2ccccc2)NC(=O)c2ccccc2OC[C@H](Cc2ccccc2)N(C)C1=O. The first-order valence-electron chi connectivity index (χ1n) is 18.3. The summed E-state index contributed by atoms with van der Waals surface area (Å²) in [5, 5.41) is 8.76. The number of likely N-dealkylation sites (N-methyl/N-ethyl adjacent to an activating group) is 2. The molecule has 1 aliphatic heterocycles. The molecule has 5 rings (SSSR count). The van der Waals surface area contributed by atoms with Gasteiger partial charge >= 0.3 is 0 Å². The number of hydrogen-bond acceptors (Lipinski definition) is 6. The number of rotatable bonds is 7. The van der Waals surface area contributed by atoms with Crippen molar-refractivity contribution in [3.8, 4) is 5.75 Å². The van der Waals surface area contributed by atoms with Crippen LogP contribution in [0.25, 0.3) is 0 Å². The number of nitrogens with zero attached hydrogens (tertiary/aromatic N) is 2. The Morgan fingerprint density at radius 3 is 2.21 bits per heavy atom. The first-order valence-corrected chi connectivity index (χ1v) is 18.3. The number of benzene rings is 3. The predicted molar refractivity (Wildman–Crippen MR) is 198 cm³/mol. The van der Waals surface area contributed by atoms with Gasteiger partial charge in [0.05, 0.1) is 11.6 Å². The van der Waals surface area contributed by atoms with E-state index in [-0.39, 0.29) is 36.8 Å². The fourth-order valence-corrected chi connectivity index (χ4v) is 7.07. The molecule has 1 fully saturated rings. The van der Waals surface area contributed by atoms with E-state index in [2.05, 4.69) is 16.0 Å². The molecular weight excluding hydrogens is 658 g/mol. The van der Waals surface area contributed by atoms with Crippen molar-refractivity contribution in [2.75, 3.05) is 27.2 Å². The fraction of sp³-hybridized carbons (Fsp3) is 0.439. The van der Waals surface area contributed by atoms with Crippen molar-refractivity contribution in [3.63, 3.8) is 0 Å². The highest BCUT2D eigenvalue weighted by atomic mass is 16.5. The highest BCUT2D eigenvalue weighted by Crippen LogP contribution is 2.30. The molecule has 3 aromatic carbocycles. The summed E-state index contributed by atoms with van der Waals surface area (Å²) in [6, 6.07) is 24.2. The number of nitrogens with one attached hydrogen (secondary N) is 3. The van der Waals surface area contributed by atoms with E-state index in [9.17, 15) is 24.0 Å². The molecule has 0 saturated heterocycles. The minimum Gasteiger partial charge on any atom is -0.491 e. The third kappa shape index (κ3) is 9.77. The maximum Gasteiger partial charge on any atom is 0.255 e. The zero-order chi connectivity index (χ0) is 37.1. The Balaban J connectivity index is 1.42. The van der Waals surface area contributed by atoms with Gasteiger partial charge in [-0.2, -0.15) is 0 Å². The Kier molecular flexibility index (Phi) is 13.1. The van der Waals surface area contributed by atoms with Crippen LogP contribution in [0.5, 0.6) is 5.75 Å². The number of para-hydroxylation sites is 1. The second-order valence-electron chi connectivity index (χ2n) is 14.0. The average molecular weight is 710 g/mol. The molecule has 2 aliphatic rings. The molecule has 1 saturated carbocycles. The van der Waals surface area contributed by atoms with Crippen molar-refractivity contribution in [1.82, 2.24) is 25.8 Å². The monoisotopic (exact) mass is 709 g/mol. The summed E-state index contributed by atoms with van der Waals surface area (Å²) in [4.78, 5) is 72.1. The normalized spacial score (nSPS) is 21.5. The summed E-state index contributed by atoms with van der Waals surface area (Å²) in [7, 11) is 3.38. The Labute approximate surface area is 306 Å². The molecule has 1 spiro atoms. The Bertz CT molecular complexity index is 1690. The van der Waals surface area contributed by atoms with Gasteiger partial charge in [-0.3, -0.25) is 24.0 Å². The summed E-state index contributed by atoms with van der Waals surface area (Å²) in [5.41, 5.74) is 1.22. The standard InChI is InChI=1S/C41H51N5O6/c1-29-38(49)46(3)32(27-31-17-8-5-9-18-31)28-52-35-21-11-10-20-33(35)37(48)43-34(39(50)45(2)26-14-19-30-15-6-4-7-16-30)22-23-36(47)44-41(40(51)42-29)24-12-13-25-41/h4-11,15-18,20-21,29,32,34H,12-14,19,22-28H2,1-3H3,(H,42,51)(H,43,48)(H,44,47)/t29-,32-,34-/m0/s1. The van der Waals surface area contributed by atoms with Gasteiger partial charge in [0.2, 0.25) is 23.6 Å². The van der Waals surface area contributed by atoms with Gasteiger partial charge < -0.3 is 30.5 Å². The number of carbonyl (C=O) groups excluding carboxylic acids is 5. The molecule has 3 N–H and O–H groups in total. The van der Waals surface area contributed by atoms with Crippen LogP contribution < -0.4 is 20.7 Å². The van der Waals surface area contributed by atoms with Gasteiger partial charge in [-0.25, -0.2) is 0 Å². The van der Waals surface area contributed by atoms with E-state index in [0.717, 1.165) is 31.2 Å². The van der Waals surface area contributed by atoms with Crippen LogP contribution in [-0.2, 0) is 32.0 Å². The average Bonchev–Trinajstić information content (AvgIpc) is 3.64. The third-order valence-corrected chi connectivity index (χ3v) is 10.2. The van der Waals surface area contributed by atoms with Crippen LogP contribution in [-0.4, -0.2) is 90.2 Å². The van der Waals surface area contributed by atoms with Crippen molar-refractivity contribution in [2.45, 2.75) is 88.4 Å². The second kappa shape index (κ2) is 17.8. The first-order chi connectivity index (χ1) is 25.1. The molecule has 276 valence electrons. The molecule has 3 atom stereocenters. The van der Waals surface area contributed by atoms with Gasteiger partial charge in [0.15, 0.2) is 0 Å². The van der Waals surface area contributed by atoms with E-state index in [1.807, 2.05) is 60.7 Å². The molecule has 52 heavy (non-hydrogen) atoms. The number of aryl methyl sites for hydroxylation is 1. The lowest BCUT2D eigenvalue weighted by Crippen LogP contribution is -2.61. The highest BCUT2D eigenvalue weighted by molar-refractivity contribution is 6.00. The van der Waals surface area contributed by atoms with E-state index >= 15 is 0 Å². The number of amides is 5. The van der Waals surface area contributed by atoms with Crippen molar-refractivity contribution < 1.29 is 28.7 Å². The Morgan fingerprint density at radius 1 is 0.885 bits per heavy atom. The van der Waals surface area contributed by atoms with Crippen LogP contribution in [0.4, 0.5) is 0 Å². The van der Waals surface area contributed by atoms with Crippen molar-refractivity contribution >= 4 is 29.5 Å². The van der Waals surface area contributed by atoms with E-state index in [4.69, 9.17) is 4.74 Å². The molecule has 0 radical (unpaired) electrons. The van der Waals surface area contributed by atoms with Gasteiger partial charge in [-0.15, -0.1) is 0 Å². The topological polar surface area (TPSA) is 137 Å².